The summed E-state index contributed by atoms with van der Waals surface area (Å²) in [5, 5.41) is 10.2. The summed E-state index contributed by atoms with van der Waals surface area (Å²) < 4.78 is 6.38. The van der Waals surface area contributed by atoms with E-state index in [9.17, 15) is 9.90 Å². The van der Waals surface area contributed by atoms with Crippen molar-refractivity contribution in [2.24, 2.45) is 0 Å². The van der Waals surface area contributed by atoms with Gasteiger partial charge in [0.2, 0.25) is 0 Å². The Kier molecular flexibility index (Phi) is 5.45. The summed E-state index contributed by atoms with van der Waals surface area (Å²) in [4.78, 5) is 12.2. The van der Waals surface area contributed by atoms with Crippen molar-refractivity contribution in [3.8, 4) is 0 Å². The van der Waals surface area contributed by atoms with Crippen LogP contribution in [-0.4, -0.2) is 16.7 Å². The number of esters is 1. The van der Waals surface area contributed by atoms with Gasteiger partial charge in [0.05, 0.1) is 5.60 Å². The third kappa shape index (κ3) is 3.79. The minimum Gasteiger partial charge on any atom is -0.449 e. The summed E-state index contributed by atoms with van der Waals surface area (Å²) in [6.07, 6.45) is 3.07. The Hall–Kier alpha value is -1.14. The first kappa shape index (κ1) is 17.2. The van der Waals surface area contributed by atoms with E-state index in [4.69, 9.17) is 4.74 Å². The highest BCUT2D eigenvalue weighted by atomic mass is 127. The topological polar surface area (TPSA) is 46.5 Å². The molecule has 0 saturated carbocycles. The monoisotopic (exact) mass is 412 g/mol. The van der Waals surface area contributed by atoms with Crippen molar-refractivity contribution in [3.05, 3.63) is 56.7 Å². The van der Waals surface area contributed by atoms with E-state index in [2.05, 4.69) is 22.6 Å². The molecule has 22 heavy (non-hydrogen) atoms. The normalized spacial score (nSPS) is 19.6. The number of aliphatic hydroxyl groups is 1. The molecule has 0 spiro atoms. The fraction of sp³-hybridized carbons (Fsp3) is 0.389. The summed E-state index contributed by atoms with van der Waals surface area (Å²) in [7, 11) is 0. The van der Waals surface area contributed by atoms with E-state index < -0.39 is 5.60 Å². The SMILES string of the molecule is CCCC1=C(/C=C(\I)C(C)(C)O)C(c2ccccc2)OC1=O. The first-order valence-corrected chi connectivity index (χ1v) is 8.51. The highest BCUT2D eigenvalue weighted by Gasteiger charge is 2.34. The largest absolute Gasteiger partial charge is 0.449 e. The van der Waals surface area contributed by atoms with Crippen molar-refractivity contribution in [1.82, 2.24) is 0 Å². The van der Waals surface area contributed by atoms with Gasteiger partial charge in [0, 0.05) is 14.7 Å². The van der Waals surface area contributed by atoms with E-state index in [1.165, 1.54) is 0 Å². The van der Waals surface area contributed by atoms with Crippen LogP contribution in [0.1, 0.15) is 45.3 Å². The summed E-state index contributed by atoms with van der Waals surface area (Å²) in [6.45, 7) is 5.51. The Labute approximate surface area is 145 Å². The molecule has 1 atom stereocenters. The fourth-order valence-electron chi connectivity index (χ4n) is 2.37. The lowest BCUT2D eigenvalue weighted by Gasteiger charge is -2.18. The Morgan fingerprint density at radius 3 is 2.55 bits per heavy atom. The second kappa shape index (κ2) is 6.96. The maximum absolute atomic E-state index is 12.2. The number of carbonyl (C=O) groups excluding carboxylic acids is 1. The van der Waals surface area contributed by atoms with Crippen LogP contribution < -0.4 is 0 Å². The van der Waals surface area contributed by atoms with Crippen LogP contribution in [0.15, 0.2) is 51.1 Å². The van der Waals surface area contributed by atoms with Crippen molar-refractivity contribution < 1.29 is 14.6 Å². The maximum atomic E-state index is 12.2. The molecule has 1 aliphatic rings. The lowest BCUT2D eigenvalue weighted by atomic mass is 9.95. The zero-order valence-electron chi connectivity index (χ0n) is 13.1. The number of cyclic esters (lactones) is 1. The van der Waals surface area contributed by atoms with Crippen LogP contribution in [0.3, 0.4) is 0 Å². The van der Waals surface area contributed by atoms with Crippen molar-refractivity contribution in [2.45, 2.75) is 45.3 Å². The molecule has 1 unspecified atom stereocenters. The molecule has 2 rings (SSSR count). The number of benzene rings is 1. The number of hydrogen-bond donors (Lipinski definition) is 1. The molecule has 0 amide bonds. The zero-order valence-corrected chi connectivity index (χ0v) is 15.3. The van der Waals surface area contributed by atoms with Crippen molar-refractivity contribution >= 4 is 28.6 Å². The molecule has 1 aromatic rings. The molecule has 0 saturated heterocycles. The number of carbonyl (C=O) groups is 1. The molecule has 4 heteroatoms. The van der Waals surface area contributed by atoms with Gasteiger partial charge in [-0.25, -0.2) is 4.79 Å². The molecule has 118 valence electrons. The molecular formula is C18H21IO3. The van der Waals surface area contributed by atoms with E-state index in [-0.39, 0.29) is 12.1 Å². The average molecular weight is 412 g/mol. The van der Waals surface area contributed by atoms with Crippen LogP contribution >= 0.6 is 22.6 Å². The third-order valence-electron chi connectivity index (χ3n) is 3.57. The second-order valence-corrected chi connectivity index (χ2v) is 7.09. The van der Waals surface area contributed by atoms with Crippen LogP contribution in [0, 0.1) is 0 Å². The van der Waals surface area contributed by atoms with Gasteiger partial charge in [-0.15, -0.1) is 0 Å². The Balaban J connectivity index is 2.50. The van der Waals surface area contributed by atoms with Gasteiger partial charge in [-0.1, -0.05) is 43.7 Å². The summed E-state index contributed by atoms with van der Waals surface area (Å²) in [5.74, 6) is -0.248. The maximum Gasteiger partial charge on any atom is 0.335 e. The molecule has 0 aromatic heterocycles. The highest BCUT2D eigenvalue weighted by molar-refractivity contribution is 14.1. The van der Waals surface area contributed by atoms with Gasteiger partial charge in [0.25, 0.3) is 0 Å². The Morgan fingerprint density at radius 2 is 2.00 bits per heavy atom. The molecule has 0 radical (unpaired) electrons. The van der Waals surface area contributed by atoms with Crippen molar-refractivity contribution in [2.75, 3.05) is 0 Å². The number of rotatable bonds is 5. The Bertz CT molecular complexity index is 609. The van der Waals surface area contributed by atoms with Crippen LogP contribution in [0.5, 0.6) is 0 Å². The highest BCUT2D eigenvalue weighted by Crippen LogP contribution is 2.39. The van der Waals surface area contributed by atoms with E-state index in [1.54, 1.807) is 13.8 Å². The minimum atomic E-state index is -0.933. The van der Waals surface area contributed by atoms with Gasteiger partial charge in [0.1, 0.15) is 0 Å². The average Bonchev–Trinajstić information content (AvgIpc) is 2.77. The smallest absolute Gasteiger partial charge is 0.335 e. The van der Waals surface area contributed by atoms with Crippen LogP contribution in [0.25, 0.3) is 0 Å². The molecule has 1 aromatic carbocycles. The van der Waals surface area contributed by atoms with Gasteiger partial charge in [-0.3, -0.25) is 0 Å². The predicted molar refractivity (Wildman–Crippen MR) is 95.6 cm³/mol. The Morgan fingerprint density at radius 1 is 1.36 bits per heavy atom. The van der Waals surface area contributed by atoms with Gasteiger partial charge >= 0.3 is 5.97 Å². The third-order valence-corrected chi connectivity index (χ3v) is 5.20. The molecular weight excluding hydrogens is 391 g/mol. The van der Waals surface area contributed by atoms with Gasteiger partial charge in [-0.05, 0) is 54.5 Å². The van der Waals surface area contributed by atoms with Gasteiger partial charge in [0.15, 0.2) is 6.10 Å². The minimum absolute atomic E-state index is 0.248. The number of hydrogen-bond acceptors (Lipinski definition) is 3. The second-order valence-electron chi connectivity index (χ2n) is 5.93. The molecule has 0 bridgehead atoms. The van der Waals surface area contributed by atoms with E-state index in [0.717, 1.165) is 26.7 Å². The van der Waals surface area contributed by atoms with Crippen molar-refractivity contribution in [3.63, 3.8) is 0 Å². The molecule has 3 nitrogen and oxygen atoms in total. The van der Waals surface area contributed by atoms with Crippen LogP contribution in [0.4, 0.5) is 0 Å². The fourth-order valence-corrected chi connectivity index (χ4v) is 2.70. The van der Waals surface area contributed by atoms with E-state index in [1.807, 2.05) is 43.3 Å². The molecule has 1 aliphatic heterocycles. The zero-order chi connectivity index (χ0) is 16.3. The molecule has 1 N–H and O–H groups in total. The van der Waals surface area contributed by atoms with Crippen LogP contribution in [-0.2, 0) is 9.53 Å². The molecule has 1 heterocycles. The quantitative estimate of drug-likeness (QED) is 0.574. The molecule has 0 aliphatic carbocycles. The number of ether oxygens (including phenoxy) is 1. The molecule has 0 fully saturated rings. The summed E-state index contributed by atoms with van der Waals surface area (Å²) >= 11 is 2.12. The van der Waals surface area contributed by atoms with E-state index >= 15 is 0 Å². The van der Waals surface area contributed by atoms with E-state index in [0.29, 0.717) is 6.42 Å². The lowest BCUT2D eigenvalue weighted by Crippen LogP contribution is -2.18. The lowest BCUT2D eigenvalue weighted by molar-refractivity contribution is -0.140. The van der Waals surface area contributed by atoms with Crippen LogP contribution in [0.2, 0.25) is 0 Å². The summed E-state index contributed by atoms with van der Waals surface area (Å²) in [6, 6.07) is 9.72. The summed E-state index contributed by atoms with van der Waals surface area (Å²) in [5.41, 5.74) is 1.60. The van der Waals surface area contributed by atoms with Gasteiger partial charge < -0.3 is 9.84 Å². The number of halogens is 1. The first-order chi connectivity index (χ1) is 10.3. The first-order valence-electron chi connectivity index (χ1n) is 7.43. The standard InChI is InChI=1S/C18H21IO3/c1-4-8-13-14(11-15(19)18(2,3)21)16(22-17(13)20)12-9-6-5-7-10-12/h5-7,9-11,16,21H,4,8H2,1-3H3/b15-11-. The van der Waals surface area contributed by atoms with Gasteiger partial charge in [-0.2, -0.15) is 0 Å². The predicted octanol–water partition coefficient (Wildman–Crippen LogP) is 4.47. The van der Waals surface area contributed by atoms with Crippen molar-refractivity contribution in [1.29, 1.82) is 0 Å².